The van der Waals surface area contributed by atoms with E-state index in [9.17, 15) is 4.79 Å². The third kappa shape index (κ3) is 2.42. The molecule has 0 fully saturated rings. The Labute approximate surface area is 140 Å². The number of benzene rings is 4. The Bertz CT molecular complexity index is 1030. The van der Waals surface area contributed by atoms with Gasteiger partial charge in [-0.05, 0) is 44.3 Å². The Morgan fingerprint density at radius 2 is 1.38 bits per heavy atom. The van der Waals surface area contributed by atoms with Gasteiger partial charge in [0.25, 0.3) is 6.47 Å². The summed E-state index contributed by atoms with van der Waals surface area (Å²) in [5.74, 6) is 0. The van der Waals surface area contributed by atoms with Crippen LogP contribution in [-0.2, 0) is 16.1 Å². The Hall–Kier alpha value is -3.13. The maximum atomic E-state index is 10.6. The van der Waals surface area contributed by atoms with E-state index >= 15 is 0 Å². The lowest BCUT2D eigenvalue weighted by Gasteiger charge is -2.14. The van der Waals surface area contributed by atoms with Crippen LogP contribution in [0.2, 0.25) is 0 Å². The highest BCUT2D eigenvalue weighted by atomic mass is 16.5. The summed E-state index contributed by atoms with van der Waals surface area (Å²) in [5.41, 5.74) is 3.26. The van der Waals surface area contributed by atoms with E-state index < -0.39 is 0 Å². The average molecular weight is 312 g/mol. The van der Waals surface area contributed by atoms with Crippen molar-refractivity contribution in [1.29, 1.82) is 0 Å². The third-order valence-corrected chi connectivity index (χ3v) is 4.38. The molecule has 0 aliphatic carbocycles. The van der Waals surface area contributed by atoms with Crippen molar-refractivity contribution in [2.75, 3.05) is 0 Å². The van der Waals surface area contributed by atoms with Gasteiger partial charge in [0.05, 0.1) is 0 Å². The molecule has 2 nitrogen and oxygen atoms in total. The second-order valence-corrected chi connectivity index (χ2v) is 5.76. The molecule has 4 aromatic rings. The zero-order valence-electron chi connectivity index (χ0n) is 13.1. The molecule has 0 unspecified atom stereocenters. The van der Waals surface area contributed by atoms with Gasteiger partial charge in [-0.2, -0.15) is 0 Å². The lowest BCUT2D eigenvalue weighted by atomic mass is 9.91. The molecule has 24 heavy (non-hydrogen) atoms. The summed E-state index contributed by atoms with van der Waals surface area (Å²) in [7, 11) is 0. The van der Waals surface area contributed by atoms with E-state index in [2.05, 4.69) is 60.7 Å². The molecule has 0 aliphatic heterocycles. The van der Waals surface area contributed by atoms with Gasteiger partial charge in [-0.15, -0.1) is 0 Å². The van der Waals surface area contributed by atoms with Gasteiger partial charge in [0.2, 0.25) is 0 Å². The number of fused-ring (bicyclic) bond motifs is 3. The van der Waals surface area contributed by atoms with Gasteiger partial charge >= 0.3 is 0 Å². The third-order valence-electron chi connectivity index (χ3n) is 4.38. The molecule has 0 aliphatic rings. The Morgan fingerprint density at radius 1 is 0.708 bits per heavy atom. The van der Waals surface area contributed by atoms with Crippen LogP contribution in [0.3, 0.4) is 0 Å². The fourth-order valence-electron chi connectivity index (χ4n) is 3.31. The maximum Gasteiger partial charge on any atom is 0.293 e. The zero-order chi connectivity index (χ0) is 16.4. The van der Waals surface area contributed by atoms with Crippen LogP contribution in [0.15, 0.2) is 78.9 Å². The van der Waals surface area contributed by atoms with E-state index in [0.717, 1.165) is 16.7 Å². The van der Waals surface area contributed by atoms with Crippen LogP contribution in [0.25, 0.3) is 32.7 Å². The number of ether oxygens (including phenoxy) is 1. The molecule has 0 aromatic heterocycles. The average Bonchev–Trinajstić information content (AvgIpc) is 2.66. The van der Waals surface area contributed by atoms with Gasteiger partial charge < -0.3 is 4.74 Å². The monoisotopic (exact) mass is 312 g/mol. The standard InChI is InChI=1S/C22H16O2/c23-15-24-14-17-8-2-4-10-19(17)22-13-16-7-1-3-9-18(16)20-11-5-6-12-21(20)22/h1-13,15H,14H2. The first-order valence-corrected chi connectivity index (χ1v) is 7.92. The van der Waals surface area contributed by atoms with Crippen LogP contribution in [0.5, 0.6) is 0 Å². The summed E-state index contributed by atoms with van der Waals surface area (Å²) in [6, 6.07) is 27.1. The van der Waals surface area contributed by atoms with Crippen molar-refractivity contribution in [3.8, 4) is 11.1 Å². The first-order valence-electron chi connectivity index (χ1n) is 7.92. The fraction of sp³-hybridized carbons (Fsp3) is 0.0455. The minimum atomic E-state index is 0.279. The maximum absolute atomic E-state index is 10.6. The number of carbonyl (C=O) groups is 1. The molecule has 0 atom stereocenters. The molecule has 2 heteroatoms. The summed E-state index contributed by atoms with van der Waals surface area (Å²) in [6.45, 7) is 0.774. The normalized spacial score (nSPS) is 10.8. The van der Waals surface area contributed by atoms with Crippen LogP contribution in [0.1, 0.15) is 5.56 Å². The summed E-state index contributed by atoms with van der Waals surface area (Å²) < 4.78 is 5.00. The SMILES string of the molecule is O=COCc1ccccc1-c1cc2ccccc2c2ccccc12. The predicted molar refractivity (Wildman–Crippen MR) is 97.7 cm³/mol. The van der Waals surface area contributed by atoms with Crippen molar-refractivity contribution < 1.29 is 9.53 Å². The van der Waals surface area contributed by atoms with E-state index in [-0.39, 0.29) is 6.61 Å². The first-order chi connectivity index (χ1) is 11.9. The van der Waals surface area contributed by atoms with E-state index in [1.54, 1.807) is 0 Å². The van der Waals surface area contributed by atoms with Gasteiger partial charge in [-0.1, -0.05) is 72.8 Å². The molecule has 4 rings (SSSR count). The Balaban J connectivity index is 2.04. The molecule has 0 heterocycles. The van der Waals surface area contributed by atoms with E-state index in [4.69, 9.17) is 4.74 Å². The minimum Gasteiger partial charge on any atom is -0.463 e. The van der Waals surface area contributed by atoms with Crippen molar-refractivity contribution in [2.45, 2.75) is 6.61 Å². The van der Waals surface area contributed by atoms with Crippen molar-refractivity contribution in [2.24, 2.45) is 0 Å². The van der Waals surface area contributed by atoms with Gasteiger partial charge in [-0.25, -0.2) is 0 Å². The topological polar surface area (TPSA) is 26.3 Å². The molecule has 116 valence electrons. The quantitative estimate of drug-likeness (QED) is 0.376. The predicted octanol–water partition coefficient (Wildman–Crippen LogP) is 5.33. The molecule has 0 bridgehead atoms. The van der Waals surface area contributed by atoms with Crippen molar-refractivity contribution >= 4 is 28.0 Å². The van der Waals surface area contributed by atoms with Crippen LogP contribution >= 0.6 is 0 Å². The second-order valence-electron chi connectivity index (χ2n) is 5.76. The van der Waals surface area contributed by atoms with E-state index in [1.165, 1.54) is 21.5 Å². The smallest absolute Gasteiger partial charge is 0.293 e. The molecule has 0 radical (unpaired) electrons. The molecular formula is C22H16O2. The van der Waals surface area contributed by atoms with Crippen molar-refractivity contribution in [1.82, 2.24) is 0 Å². The minimum absolute atomic E-state index is 0.279. The van der Waals surface area contributed by atoms with E-state index in [0.29, 0.717) is 6.47 Å². The highest BCUT2D eigenvalue weighted by molar-refractivity contribution is 6.13. The summed E-state index contributed by atoms with van der Waals surface area (Å²) in [4.78, 5) is 10.6. The molecule has 0 N–H and O–H groups in total. The highest BCUT2D eigenvalue weighted by Crippen LogP contribution is 2.36. The molecule has 0 saturated carbocycles. The van der Waals surface area contributed by atoms with E-state index in [1.807, 2.05) is 18.2 Å². The highest BCUT2D eigenvalue weighted by Gasteiger charge is 2.11. The van der Waals surface area contributed by atoms with Crippen LogP contribution in [0.4, 0.5) is 0 Å². The van der Waals surface area contributed by atoms with Gasteiger partial charge in [0.1, 0.15) is 6.61 Å². The Morgan fingerprint density at radius 3 is 2.21 bits per heavy atom. The zero-order valence-corrected chi connectivity index (χ0v) is 13.1. The van der Waals surface area contributed by atoms with Gasteiger partial charge in [0.15, 0.2) is 0 Å². The number of rotatable bonds is 4. The van der Waals surface area contributed by atoms with Gasteiger partial charge in [-0.3, -0.25) is 4.79 Å². The molecule has 4 aromatic carbocycles. The summed E-state index contributed by atoms with van der Waals surface area (Å²) in [6.07, 6.45) is 0. The molecular weight excluding hydrogens is 296 g/mol. The summed E-state index contributed by atoms with van der Waals surface area (Å²) in [5, 5.41) is 4.89. The van der Waals surface area contributed by atoms with Crippen molar-refractivity contribution in [3.63, 3.8) is 0 Å². The van der Waals surface area contributed by atoms with Crippen LogP contribution < -0.4 is 0 Å². The largest absolute Gasteiger partial charge is 0.463 e. The number of hydrogen-bond donors (Lipinski definition) is 0. The summed E-state index contributed by atoms with van der Waals surface area (Å²) >= 11 is 0. The van der Waals surface area contributed by atoms with Gasteiger partial charge in [0, 0.05) is 0 Å². The Kier molecular flexibility index (Phi) is 3.72. The number of carbonyl (C=O) groups excluding carboxylic acids is 1. The molecule has 0 spiro atoms. The fourth-order valence-corrected chi connectivity index (χ4v) is 3.31. The molecule has 0 amide bonds. The second kappa shape index (κ2) is 6.17. The van der Waals surface area contributed by atoms with Crippen LogP contribution in [-0.4, -0.2) is 6.47 Å². The van der Waals surface area contributed by atoms with Crippen molar-refractivity contribution in [3.05, 3.63) is 84.4 Å². The lowest BCUT2D eigenvalue weighted by molar-refractivity contribution is -0.129. The molecule has 0 saturated heterocycles. The number of hydrogen-bond acceptors (Lipinski definition) is 2. The van der Waals surface area contributed by atoms with Crippen LogP contribution in [0, 0.1) is 0 Å². The lowest BCUT2D eigenvalue weighted by Crippen LogP contribution is -1.94. The first kappa shape index (κ1) is 14.5.